The van der Waals surface area contributed by atoms with E-state index in [1.54, 1.807) is 65.8 Å². The molecule has 1 heterocycles. The molecule has 2 aromatic carbocycles. The summed E-state index contributed by atoms with van der Waals surface area (Å²) >= 11 is 5.91. The first-order chi connectivity index (χ1) is 23.4. The lowest BCUT2D eigenvalue weighted by Gasteiger charge is -2.23. The summed E-state index contributed by atoms with van der Waals surface area (Å²) < 4.78 is 30.9. The van der Waals surface area contributed by atoms with Gasteiger partial charge in [-0.1, -0.05) is 23.7 Å². The number of fused-ring (bicyclic) bond motifs is 1. The normalized spacial score (nSPS) is 12.2. The molecule has 1 atom stereocenters. The average molecular weight is 717 g/mol. The molecular formula is C36H46ClFN4O8. The molecule has 0 aliphatic heterocycles. The highest BCUT2D eigenvalue weighted by molar-refractivity contribution is 6.30. The van der Waals surface area contributed by atoms with Gasteiger partial charge >= 0.3 is 18.2 Å². The van der Waals surface area contributed by atoms with Gasteiger partial charge in [-0.3, -0.25) is 9.78 Å². The second-order valence-corrected chi connectivity index (χ2v) is 14.1. The largest absolute Gasteiger partial charge is 0.506 e. The Balaban J connectivity index is 1.58. The summed E-state index contributed by atoms with van der Waals surface area (Å²) in [6.45, 7) is 10.8. The maximum absolute atomic E-state index is 15.0. The van der Waals surface area contributed by atoms with Crippen LogP contribution in [0.2, 0.25) is 5.02 Å². The van der Waals surface area contributed by atoms with Crippen LogP contribution >= 0.6 is 11.6 Å². The molecular weight excluding hydrogens is 671 g/mol. The molecule has 0 saturated heterocycles. The number of halogens is 2. The monoisotopic (exact) mass is 716 g/mol. The van der Waals surface area contributed by atoms with Crippen LogP contribution in [0.3, 0.4) is 0 Å². The molecule has 1 aromatic heterocycles. The third kappa shape index (κ3) is 13.3. The van der Waals surface area contributed by atoms with Crippen LogP contribution in [-0.2, 0) is 32.0 Å². The first-order valence-electron chi connectivity index (χ1n) is 16.4. The fraction of sp³-hybridized carbons (Fsp3) is 0.472. The zero-order valence-corrected chi connectivity index (χ0v) is 30.0. The van der Waals surface area contributed by atoms with E-state index in [4.69, 9.17) is 25.8 Å². The molecule has 0 fully saturated rings. The molecule has 0 radical (unpaired) electrons. The van der Waals surface area contributed by atoms with Gasteiger partial charge in [0.25, 0.3) is 5.91 Å². The minimum atomic E-state index is -1.00. The lowest BCUT2D eigenvalue weighted by atomic mass is 10.0. The minimum absolute atomic E-state index is 0.0391. The van der Waals surface area contributed by atoms with Crippen LogP contribution in [0.5, 0.6) is 5.75 Å². The first-order valence-corrected chi connectivity index (χ1v) is 16.8. The number of carbonyl (C=O) groups excluding carboxylic acids is 4. The van der Waals surface area contributed by atoms with Gasteiger partial charge in [0.05, 0.1) is 6.61 Å². The van der Waals surface area contributed by atoms with Crippen molar-refractivity contribution >= 4 is 46.6 Å². The third-order valence-corrected chi connectivity index (χ3v) is 7.24. The van der Waals surface area contributed by atoms with Crippen LogP contribution in [0.4, 0.5) is 14.0 Å². The topological polar surface area (TPSA) is 165 Å². The molecule has 1 unspecified atom stereocenters. The van der Waals surface area contributed by atoms with Crippen LogP contribution in [0.25, 0.3) is 10.9 Å². The van der Waals surface area contributed by atoms with E-state index >= 15 is 0 Å². The molecule has 272 valence electrons. The van der Waals surface area contributed by atoms with E-state index in [1.807, 2.05) is 0 Å². The van der Waals surface area contributed by atoms with E-state index in [0.717, 1.165) is 11.8 Å². The van der Waals surface area contributed by atoms with Crippen molar-refractivity contribution in [2.45, 2.75) is 97.4 Å². The molecule has 0 saturated carbocycles. The van der Waals surface area contributed by atoms with E-state index < -0.39 is 52.9 Å². The molecule has 0 aliphatic rings. The van der Waals surface area contributed by atoms with Crippen molar-refractivity contribution in [2.24, 2.45) is 0 Å². The number of unbranched alkanes of at least 4 members (excludes halogenated alkanes) is 1. The van der Waals surface area contributed by atoms with Gasteiger partial charge in [0.1, 0.15) is 39.9 Å². The average Bonchev–Trinajstić information content (AvgIpc) is 3.00. The number of nitrogens with one attached hydrogen (secondary N) is 3. The van der Waals surface area contributed by atoms with Crippen LogP contribution in [0, 0.1) is 5.82 Å². The van der Waals surface area contributed by atoms with Crippen molar-refractivity contribution in [3.05, 3.63) is 70.1 Å². The number of pyridine rings is 1. The Bertz CT molecular complexity index is 1660. The van der Waals surface area contributed by atoms with Crippen molar-refractivity contribution in [1.29, 1.82) is 0 Å². The van der Waals surface area contributed by atoms with Crippen LogP contribution < -0.4 is 16.0 Å². The zero-order valence-electron chi connectivity index (χ0n) is 29.3. The minimum Gasteiger partial charge on any atom is -0.506 e. The summed E-state index contributed by atoms with van der Waals surface area (Å²) in [6, 6.07) is 8.71. The number of hydrogen-bond acceptors (Lipinski definition) is 9. The fourth-order valence-corrected chi connectivity index (χ4v) is 4.85. The Kier molecular flexibility index (Phi) is 14.2. The molecule has 50 heavy (non-hydrogen) atoms. The third-order valence-electron chi connectivity index (χ3n) is 6.98. The predicted octanol–water partition coefficient (Wildman–Crippen LogP) is 6.73. The number of amides is 3. The molecule has 0 bridgehead atoms. The number of alkyl carbamates (subject to hydrolysis) is 2. The molecule has 3 rings (SSSR count). The number of esters is 1. The van der Waals surface area contributed by atoms with Crippen molar-refractivity contribution in [3.8, 4) is 5.75 Å². The smallest absolute Gasteiger partial charge is 0.408 e. The summed E-state index contributed by atoms with van der Waals surface area (Å²) in [6.07, 6.45) is 1.58. The van der Waals surface area contributed by atoms with E-state index in [0.29, 0.717) is 36.4 Å². The molecule has 0 spiro atoms. The Hall–Kier alpha value is -4.65. The number of aromatic hydroxyl groups is 1. The number of ether oxygens (including phenoxy) is 3. The van der Waals surface area contributed by atoms with Gasteiger partial charge < -0.3 is 35.3 Å². The number of aromatic nitrogens is 1. The van der Waals surface area contributed by atoms with Crippen LogP contribution in [-0.4, -0.2) is 64.5 Å². The molecule has 0 aliphatic carbocycles. The molecule has 14 heteroatoms. The number of rotatable bonds is 14. The highest BCUT2D eigenvalue weighted by Crippen LogP contribution is 2.30. The standard InChI is InChI=1S/C36H46ClFN4O8/c1-35(2,3)49-33(46)39-16-8-7-11-28(42-34(47)50-36(4,5)6)32(45)48-17-9-10-23-18-25-29(27(38)19-23)40-21-26(30(25)43)31(44)41-20-22-12-14-24(37)15-13-22/h12-15,18-19,21,28H,7-11,16-17,20H2,1-6H3,(H,39,46)(H,40,43)(H,41,44)(H,42,47). The predicted molar refractivity (Wildman–Crippen MR) is 187 cm³/mol. The maximum Gasteiger partial charge on any atom is 0.408 e. The second-order valence-electron chi connectivity index (χ2n) is 13.7. The van der Waals surface area contributed by atoms with Gasteiger partial charge in [0.2, 0.25) is 0 Å². The van der Waals surface area contributed by atoms with Gasteiger partial charge in [0, 0.05) is 29.7 Å². The second kappa shape index (κ2) is 17.8. The van der Waals surface area contributed by atoms with Gasteiger partial charge in [-0.2, -0.15) is 0 Å². The number of hydrogen-bond donors (Lipinski definition) is 4. The summed E-state index contributed by atoms with van der Waals surface area (Å²) in [5.74, 6) is -2.34. The van der Waals surface area contributed by atoms with Crippen molar-refractivity contribution in [1.82, 2.24) is 20.9 Å². The Morgan fingerprint density at radius 1 is 0.900 bits per heavy atom. The van der Waals surface area contributed by atoms with Crippen LogP contribution in [0.15, 0.2) is 42.6 Å². The lowest BCUT2D eigenvalue weighted by Crippen LogP contribution is -2.44. The summed E-state index contributed by atoms with van der Waals surface area (Å²) in [5, 5.41) is 19.4. The highest BCUT2D eigenvalue weighted by atomic mass is 35.5. The van der Waals surface area contributed by atoms with E-state index in [9.17, 15) is 28.7 Å². The van der Waals surface area contributed by atoms with Gasteiger partial charge in [-0.05, 0) is 109 Å². The summed E-state index contributed by atoms with van der Waals surface area (Å²) in [4.78, 5) is 54.2. The first kappa shape index (κ1) is 39.8. The van der Waals surface area contributed by atoms with Crippen LogP contribution in [0.1, 0.15) is 88.7 Å². The van der Waals surface area contributed by atoms with Gasteiger partial charge in [0.15, 0.2) is 0 Å². The van der Waals surface area contributed by atoms with Gasteiger partial charge in [-0.25, -0.2) is 18.8 Å². The zero-order chi connectivity index (χ0) is 37.1. The highest BCUT2D eigenvalue weighted by Gasteiger charge is 2.26. The quantitative estimate of drug-likeness (QED) is 0.0804. The number of nitrogens with zero attached hydrogens (tertiary/aromatic N) is 1. The molecule has 12 nitrogen and oxygen atoms in total. The number of aryl methyl sites for hydroxylation is 1. The number of benzene rings is 2. The van der Waals surface area contributed by atoms with E-state index in [-0.39, 0.29) is 42.5 Å². The molecule has 3 aromatic rings. The van der Waals surface area contributed by atoms with E-state index in [1.165, 1.54) is 12.1 Å². The summed E-state index contributed by atoms with van der Waals surface area (Å²) in [5.41, 5.74) is -0.326. The number of carbonyl (C=O) groups is 4. The Morgan fingerprint density at radius 2 is 1.56 bits per heavy atom. The van der Waals surface area contributed by atoms with Crippen molar-refractivity contribution in [2.75, 3.05) is 13.2 Å². The maximum atomic E-state index is 15.0. The lowest BCUT2D eigenvalue weighted by molar-refractivity contribution is -0.146. The van der Waals surface area contributed by atoms with Crippen molar-refractivity contribution in [3.63, 3.8) is 0 Å². The summed E-state index contributed by atoms with van der Waals surface area (Å²) in [7, 11) is 0. The van der Waals surface area contributed by atoms with Gasteiger partial charge in [-0.15, -0.1) is 0 Å². The fourth-order valence-electron chi connectivity index (χ4n) is 4.72. The SMILES string of the molecule is CC(C)(C)OC(=O)NCCCCC(NC(=O)OC(C)(C)C)C(=O)OCCCc1cc(F)c2ncc(C(=O)NCc3ccc(Cl)cc3)c(O)c2c1. The van der Waals surface area contributed by atoms with Crippen molar-refractivity contribution < 1.29 is 42.9 Å². The Labute approximate surface area is 296 Å². The molecule has 3 amide bonds. The Morgan fingerprint density at radius 3 is 2.22 bits per heavy atom. The van der Waals surface area contributed by atoms with E-state index in [2.05, 4.69) is 20.9 Å². The molecule has 4 N–H and O–H groups in total.